The fourth-order valence-electron chi connectivity index (χ4n) is 3.33. The molecule has 1 aliphatic carbocycles. The monoisotopic (exact) mass is 376 g/mol. The molecular formula is C18H24N4O3S. The maximum atomic E-state index is 12.5. The van der Waals surface area contributed by atoms with E-state index in [-0.39, 0.29) is 11.8 Å². The SMILES string of the molecule is CC(C)n1ncnc1CS(=O)(=O)CC(=O)NC1(c2ccccc2)CCC1. The van der Waals surface area contributed by atoms with E-state index in [4.69, 9.17) is 0 Å². The summed E-state index contributed by atoms with van der Waals surface area (Å²) in [6.07, 6.45) is 4.00. The summed E-state index contributed by atoms with van der Waals surface area (Å²) in [7, 11) is -3.63. The summed E-state index contributed by atoms with van der Waals surface area (Å²) in [5, 5.41) is 7.00. The molecule has 0 saturated heterocycles. The highest BCUT2D eigenvalue weighted by Gasteiger charge is 2.40. The lowest BCUT2D eigenvalue weighted by Crippen LogP contribution is -2.52. The minimum atomic E-state index is -3.63. The number of benzene rings is 1. The minimum Gasteiger partial charge on any atom is -0.346 e. The number of nitrogens with zero attached hydrogens (tertiary/aromatic N) is 3. The Bertz CT molecular complexity index is 871. The largest absolute Gasteiger partial charge is 0.346 e. The molecule has 1 aliphatic rings. The maximum absolute atomic E-state index is 12.5. The number of aromatic nitrogens is 3. The molecule has 140 valence electrons. The summed E-state index contributed by atoms with van der Waals surface area (Å²) in [5.41, 5.74) is 0.586. The highest BCUT2D eigenvalue weighted by Crippen LogP contribution is 2.41. The Kier molecular flexibility index (Phi) is 5.13. The van der Waals surface area contributed by atoms with Crippen LogP contribution in [0.25, 0.3) is 0 Å². The first-order chi connectivity index (χ1) is 12.3. The van der Waals surface area contributed by atoms with Crippen LogP contribution >= 0.6 is 0 Å². The van der Waals surface area contributed by atoms with Crippen molar-refractivity contribution in [1.82, 2.24) is 20.1 Å². The van der Waals surface area contributed by atoms with Crippen LogP contribution in [-0.4, -0.2) is 34.8 Å². The molecule has 1 N–H and O–H groups in total. The van der Waals surface area contributed by atoms with Crippen LogP contribution in [-0.2, 0) is 25.9 Å². The van der Waals surface area contributed by atoms with Crippen molar-refractivity contribution in [3.8, 4) is 0 Å². The quantitative estimate of drug-likeness (QED) is 0.797. The number of carbonyl (C=O) groups excluding carboxylic acids is 1. The van der Waals surface area contributed by atoms with Crippen molar-refractivity contribution in [2.45, 2.75) is 50.4 Å². The van der Waals surface area contributed by atoms with Gasteiger partial charge < -0.3 is 5.32 Å². The zero-order valence-electron chi connectivity index (χ0n) is 15.1. The lowest BCUT2D eigenvalue weighted by atomic mass is 9.72. The summed E-state index contributed by atoms with van der Waals surface area (Å²) in [5.74, 6) is -0.956. The standard InChI is InChI=1S/C18H24N4O3S/c1-14(2)22-16(19-13-20-22)11-26(24,25)12-17(23)21-18(9-6-10-18)15-7-4-3-5-8-15/h3-5,7-8,13-14H,6,9-12H2,1-2H3,(H,21,23). The Morgan fingerprint density at radius 2 is 1.96 bits per heavy atom. The van der Waals surface area contributed by atoms with Crippen LogP contribution < -0.4 is 5.32 Å². The van der Waals surface area contributed by atoms with Gasteiger partial charge in [-0.05, 0) is 38.7 Å². The van der Waals surface area contributed by atoms with Gasteiger partial charge in [0, 0.05) is 6.04 Å². The van der Waals surface area contributed by atoms with E-state index in [1.165, 1.54) is 6.33 Å². The summed E-state index contributed by atoms with van der Waals surface area (Å²) < 4.78 is 26.5. The molecule has 26 heavy (non-hydrogen) atoms. The van der Waals surface area contributed by atoms with Crippen molar-refractivity contribution < 1.29 is 13.2 Å². The van der Waals surface area contributed by atoms with Crippen molar-refractivity contribution in [2.75, 3.05) is 5.75 Å². The van der Waals surface area contributed by atoms with Crippen molar-refractivity contribution in [1.29, 1.82) is 0 Å². The van der Waals surface area contributed by atoms with Gasteiger partial charge in [0.1, 0.15) is 23.7 Å². The molecule has 1 saturated carbocycles. The Hall–Kier alpha value is -2.22. The van der Waals surface area contributed by atoms with E-state index in [2.05, 4.69) is 15.4 Å². The third-order valence-electron chi connectivity index (χ3n) is 4.75. The molecule has 1 aromatic heterocycles. The molecule has 2 aromatic rings. The molecule has 8 heteroatoms. The summed E-state index contributed by atoms with van der Waals surface area (Å²) in [6.45, 7) is 3.80. The molecule has 1 heterocycles. The van der Waals surface area contributed by atoms with Crippen LogP contribution in [0.2, 0.25) is 0 Å². The van der Waals surface area contributed by atoms with Gasteiger partial charge in [-0.15, -0.1) is 0 Å². The van der Waals surface area contributed by atoms with E-state index in [0.29, 0.717) is 5.82 Å². The Morgan fingerprint density at radius 3 is 2.54 bits per heavy atom. The van der Waals surface area contributed by atoms with Gasteiger partial charge in [0.15, 0.2) is 9.84 Å². The average molecular weight is 376 g/mol. The summed E-state index contributed by atoms with van der Waals surface area (Å²) >= 11 is 0. The molecular weight excluding hydrogens is 352 g/mol. The van der Waals surface area contributed by atoms with Gasteiger partial charge in [-0.3, -0.25) is 4.79 Å². The lowest BCUT2D eigenvalue weighted by molar-refractivity contribution is -0.121. The van der Waals surface area contributed by atoms with E-state index in [9.17, 15) is 13.2 Å². The van der Waals surface area contributed by atoms with Gasteiger partial charge in [0.05, 0.1) is 5.54 Å². The highest BCUT2D eigenvalue weighted by molar-refractivity contribution is 7.91. The Morgan fingerprint density at radius 1 is 1.27 bits per heavy atom. The van der Waals surface area contributed by atoms with Crippen molar-refractivity contribution >= 4 is 15.7 Å². The fraction of sp³-hybridized carbons (Fsp3) is 0.500. The molecule has 3 rings (SSSR count). The molecule has 0 aliphatic heterocycles. The number of amides is 1. The number of carbonyl (C=O) groups is 1. The van der Waals surface area contributed by atoms with E-state index in [1.54, 1.807) is 4.68 Å². The number of sulfone groups is 1. The lowest BCUT2D eigenvalue weighted by Gasteiger charge is -2.43. The molecule has 7 nitrogen and oxygen atoms in total. The first kappa shape index (κ1) is 18.6. The number of rotatable bonds is 7. The first-order valence-corrected chi connectivity index (χ1v) is 10.6. The third-order valence-corrected chi connectivity index (χ3v) is 6.15. The van der Waals surface area contributed by atoms with Crippen LogP contribution in [0.15, 0.2) is 36.7 Å². The van der Waals surface area contributed by atoms with Crippen molar-refractivity contribution in [2.24, 2.45) is 0 Å². The Balaban J connectivity index is 1.68. The van der Waals surface area contributed by atoms with Crippen LogP contribution in [0.4, 0.5) is 0 Å². The average Bonchev–Trinajstić information content (AvgIpc) is 2.98. The molecule has 0 atom stereocenters. The van der Waals surface area contributed by atoms with E-state index in [0.717, 1.165) is 24.8 Å². The number of hydrogen-bond donors (Lipinski definition) is 1. The van der Waals surface area contributed by atoms with E-state index >= 15 is 0 Å². The summed E-state index contributed by atoms with van der Waals surface area (Å²) in [4.78, 5) is 16.5. The maximum Gasteiger partial charge on any atom is 0.235 e. The van der Waals surface area contributed by atoms with Gasteiger partial charge in [0.25, 0.3) is 0 Å². The molecule has 1 fully saturated rings. The molecule has 1 aromatic carbocycles. The Labute approximate surface area is 153 Å². The van der Waals surface area contributed by atoms with Gasteiger partial charge in [-0.25, -0.2) is 18.1 Å². The third kappa shape index (κ3) is 3.95. The topological polar surface area (TPSA) is 93.9 Å². The van der Waals surface area contributed by atoms with E-state index < -0.39 is 27.0 Å². The zero-order chi connectivity index (χ0) is 18.8. The van der Waals surface area contributed by atoms with Crippen LogP contribution in [0, 0.1) is 0 Å². The first-order valence-electron chi connectivity index (χ1n) is 8.77. The van der Waals surface area contributed by atoms with Gasteiger partial charge >= 0.3 is 0 Å². The van der Waals surface area contributed by atoms with Gasteiger partial charge in [0.2, 0.25) is 5.91 Å². The molecule has 0 spiro atoms. The summed E-state index contributed by atoms with van der Waals surface area (Å²) in [6, 6.07) is 9.73. The fourth-order valence-corrected chi connectivity index (χ4v) is 4.51. The minimum absolute atomic E-state index is 0.00727. The predicted octanol–water partition coefficient (Wildman–Crippen LogP) is 1.97. The second-order valence-electron chi connectivity index (χ2n) is 7.10. The molecule has 0 bridgehead atoms. The molecule has 0 unspecified atom stereocenters. The normalized spacial score (nSPS) is 16.3. The zero-order valence-corrected chi connectivity index (χ0v) is 15.9. The molecule has 0 radical (unpaired) electrons. The second-order valence-corrected chi connectivity index (χ2v) is 9.16. The number of nitrogens with one attached hydrogen (secondary N) is 1. The van der Waals surface area contributed by atoms with Crippen LogP contribution in [0.1, 0.15) is 50.5 Å². The highest BCUT2D eigenvalue weighted by atomic mass is 32.2. The van der Waals surface area contributed by atoms with Gasteiger partial charge in [-0.1, -0.05) is 30.3 Å². The van der Waals surface area contributed by atoms with Crippen LogP contribution in [0.3, 0.4) is 0 Å². The molecule has 1 amide bonds. The van der Waals surface area contributed by atoms with Crippen molar-refractivity contribution in [3.05, 3.63) is 48.0 Å². The van der Waals surface area contributed by atoms with Crippen molar-refractivity contribution in [3.63, 3.8) is 0 Å². The number of hydrogen-bond acceptors (Lipinski definition) is 5. The smallest absolute Gasteiger partial charge is 0.235 e. The van der Waals surface area contributed by atoms with Gasteiger partial charge in [-0.2, -0.15) is 5.10 Å². The second kappa shape index (κ2) is 7.19. The predicted molar refractivity (Wildman–Crippen MR) is 98.0 cm³/mol. The van der Waals surface area contributed by atoms with Crippen LogP contribution in [0.5, 0.6) is 0 Å². The van der Waals surface area contributed by atoms with E-state index in [1.807, 2.05) is 44.2 Å².